The van der Waals surface area contributed by atoms with E-state index in [1.165, 1.54) is 10.8 Å². The van der Waals surface area contributed by atoms with Crippen LogP contribution >= 0.6 is 0 Å². The SMILES string of the molecule is CN1CCN(C(=O)CNc2cccc(C=CC(=O)c3ccc(C(=O)n4ccc(N(C)C)n4)cc3)n2)CC1. The van der Waals surface area contributed by atoms with Crippen molar-refractivity contribution in [3.05, 3.63) is 77.6 Å². The van der Waals surface area contributed by atoms with Crippen LogP contribution in [0.3, 0.4) is 0 Å². The zero-order valence-corrected chi connectivity index (χ0v) is 21.3. The van der Waals surface area contributed by atoms with Crippen LogP contribution < -0.4 is 10.2 Å². The Hall–Kier alpha value is -4.31. The average Bonchev–Trinajstić information content (AvgIpc) is 3.42. The largest absolute Gasteiger partial charge is 0.361 e. The Morgan fingerprint density at radius 1 is 0.973 bits per heavy atom. The minimum atomic E-state index is -0.276. The Kier molecular flexibility index (Phi) is 8.09. The molecule has 10 nitrogen and oxygen atoms in total. The summed E-state index contributed by atoms with van der Waals surface area (Å²) in [5.74, 6) is 0.801. The molecule has 1 fully saturated rings. The van der Waals surface area contributed by atoms with Crippen molar-refractivity contribution in [1.29, 1.82) is 0 Å². The molecule has 1 N–H and O–H groups in total. The highest BCUT2D eigenvalue weighted by Crippen LogP contribution is 2.12. The van der Waals surface area contributed by atoms with Crippen molar-refractivity contribution in [3.63, 3.8) is 0 Å². The zero-order chi connectivity index (χ0) is 26.4. The number of carbonyl (C=O) groups excluding carboxylic acids is 3. The lowest BCUT2D eigenvalue weighted by Gasteiger charge is -2.32. The lowest BCUT2D eigenvalue weighted by molar-refractivity contribution is -0.130. The van der Waals surface area contributed by atoms with Gasteiger partial charge in [0.25, 0.3) is 5.91 Å². The summed E-state index contributed by atoms with van der Waals surface area (Å²) < 4.78 is 1.28. The van der Waals surface area contributed by atoms with Crippen LogP contribution in [0.4, 0.5) is 11.6 Å². The number of amides is 1. The second kappa shape index (κ2) is 11.6. The molecule has 192 valence electrons. The fourth-order valence-electron chi connectivity index (χ4n) is 3.81. The molecule has 1 aliphatic rings. The predicted octanol–water partition coefficient (Wildman–Crippen LogP) is 2.11. The van der Waals surface area contributed by atoms with E-state index >= 15 is 0 Å². The number of rotatable bonds is 8. The second-order valence-corrected chi connectivity index (χ2v) is 9.08. The van der Waals surface area contributed by atoms with Crippen LogP contribution in [-0.4, -0.2) is 96.0 Å². The fourth-order valence-corrected chi connectivity index (χ4v) is 3.81. The Morgan fingerprint density at radius 3 is 2.35 bits per heavy atom. The highest BCUT2D eigenvalue weighted by atomic mass is 16.2. The summed E-state index contributed by atoms with van der Waals surface area (Å²) in [5, 5.41) is 7.32. The number of aromatic nitrogens is 3. The maximum atomic E-state index is 12.7. The number of anilines is 2. The molecule has 37 heavy (non-hydrogen) atoms. The molecule has 0 radical (unpaired) electrons. The van der Waals surface area contributed by atoms with Crippen molar-refractivity contribution in [3.8, 4) is 0 Å². The number of likely N-dealkylation sites (N-methyl/N-ethyl adjacent to an activating group) is 1. The first kappa shape index (κ1) is 25.8. The molecule has 0 unspecified atom stereocenters. The summed E-state index contributed by atoms with van der Waals surface area (Å²) in [7, 11) is 5.75. The molecular formula is C27H31N7O3. The first-order valence-corrected chi connectivity index (χ1v) is 12.1. The summed E-state index contributed by atoms with van der Waals surface area (Å²) in [6, 6.07) is 13.6. The number of piperazine rings is 1. The molecule has 0 bridgehead atoms. The van der Waals surface area contributed by atoms with E-state index in [1.807, 2.05) is 37.0 Å². The standard InChI is InChI=1S/C27H31N7O3/c1-31(2)25-13-14-34(30-25)27(37)21-9-7-20(8-10-21)23(35)12-11-22-5-4-6-24(29-22)28-19-26(36)33-17-15-32(3)16-18-33/h4-14H,15-19H2,1-3H3,(H,28,29). The number of nitrogens with one attached hydrogen (secondary N) is 1. The van der Waals surface area contributed by atoms with Gasteiger partial charge in [0.2, 0.25) is 5.91 Å². The lowest BCUT2D eigenvalue weighted by Crippen LogP contribution is -2.48. The first-order valence-electron chi connectivity index (χ1n) is 12.1. The van der Waals surface area contributed by atoms with Crippen molar-refractivity contribution in [2.45, 2.75) is 0 Å². The molecule has 0 spiro atoms. The van der Waals surface area contributed by atoms with Gasteiger partial charge in [-0.25, -0.2) is 9.67 Å². The number of hydrogen-bond donors (Lipinski definition) is 1. The summed E-state index contributed by atoms with van der Waals surface area (Å²) in [6.45, 7) is 3.37. The summed E-state index contributed by atoms with van der Waals surface area (Å²) in [4.78, 5) is 48.1. The van der Waals surface area contributed by atoms with Gasteiger partial charge in [-0.2, -0.15) is 0 Å². The molecule has 0 aliphatic carbocycles. The Bertz CT molecular complexity index is 1290. The van der Waals surface area contributed by atoms with Gasteiger partial charge in [-0.05, 0) is 43.5 Å². The van der Waals surface area contributed by atoms with E-state index in [1.54, 1.807) is 54.7 Å². The van der Waals surface area contributed by atoms with Crippen LogP contribution in [0.2, 0.25) is 0 Å². The maximum Gasteiger partial charge on any atom is 0.278 e. The molecule has 1 amide bonds. The third kappa shape index (κ3) is 6.68. The molecule has 2 aromatic heterocycles. The van der Waals surface area contributed by atoms with Crippen LogP contribution in [0.25, 0.3) is 6.08 Å². The molecule has 3 aromatic rings. The van der Waals surface area contributed by atoms with Crippen LogP contribution in [0, 0.1) is 0 Å². The van der Waals surface area contributed by atoms with E-state index in [2.05, 4.69) is 20.3 Å². The number of carbonyl (C=O) groups is 3. The summed E-state index contributed by atoms with van der Waals surface area (Å²) in [6.07, 6.45) is 4.67. The smallest absolute Gasteiger partial charge is 0.278 e. The third-order valence-corrected chi connectivity index (χ3v) is 6.11. The molecule has 4 rings (SSSR count). The minimum Gasteiger partial charge on any atom is -0.361 e. The normalized spacial score (nSPS) is 14.1. The van der Waals surface area contributed by atoms with Crippen molar-refractivity contribution >= 4 is 35.3 Å². The van der Waals surface area contributed by atoms with E-state index in [-0.39, 0.29) is 24.1 Å². The highest BCUT2D eigenvalue weighted by Gasteiger charge is 2.18. The lowest BCUT2D eigenvalue weighted by atomic mass is 10.1. The number of ketones is 1. The minimum absolute atomic E-state index is 0.0404. The molecule has 3 heterocycles. The predicted molar refractivity (Wildman–Crippen MR) is 143 cm³/mol. The Morgan fingerprint density at radius 2 is 1.68 bits per heavy atom. The van der Waals surface area contributed by atoms with Crippen LogP contribution in [0.5, 0.6) is 0 Å². The molecule has 1 aromatic carbocycles. The number of nitrogens with zero attached hydrogens (tertiary/aromatic N) is 6. The van der Waals surface area contributed by atoms with Gasteiger partial charge in [0.1, 0.15) is 5.82 Å². The van der Waals surface area contributed by atoms with E-state index in [0.29, 0.717) is 28.5 Å². The number of pyridine rings is 1. The molecule has 0 saturated carbocycles. The van der Waals surface area contributed by atoms with E-state index in [9.17, 15) is 14.4 Å². The van der Waals surface area contributed by atoms with Crippen LogP contribution in [-0.2, 0) is 4.79 Å². The monoisotopic (exact) mass is 501 g/mol. The van der Waals surface area contributed by atoms with E-state index < -0.39 is 0 Å². The van der Waals surface area contributed by atoms with Gasteiger partial charge in [0, 0.05) is 63.7 Å². The number of allylic oxidation sites excluding steroid dienone is 1. The molecule has 10 heteroatoms. The maximum absolute atomic E-state index is 12.7. The summed E-state index contributed by atoms with van der Waals surface area (Å²) >= 11 is 0. The Balaban J connectivity index is 1.33. The van der Waals surface area contributed by atoms with Gasteiger partial charge < -0.3 is 20.0 Å². The van der Waals surface area contributed by atoms with Gasteiger partial charge in [-0.1, -0.05) is 18.2 Å². The molecule has 1 saturated heterocycles. The van der Waals surface area contributed by atoms with Crippen molar-refractivity contribution in [2.24, 2.45) is 0 Å². The Labute approximate surface area is 216 Å². The van der Waals surface area contributed by atoms with Crippen molar-refractivity contribution in [1.82, 2.24) is 24.6 Å². The van der Waals surface area contributed by atoms with Gasteiger partial charge in [0.15, 0.2) is 11.6 Å². The van der Waals surface area contributed by atoms with Crippen molar-refractivity contribution < 1.29 is 14.4 Å². The van der Waals surface area contributed by atoms with Crippen molar-refractivity contribution in [2.75, 3.05) is 64.1 Å². The quantitative estimate of drug-likeness (QED) is 0.370. The fraction of sp³-hybridized carbons (Fsp3) is 0.296. The number of benzene rings is 1. The first-order chi connectivity index (χ1) is 17.8. The van der Waals surface area contributed by atoms with Gasteiger partial charge in [0.05, 0.1) is 12.2 Å². The zero-order valence-electron chi connectivity index (χ0n) is 21.3. The van der Waals surface area contributed by atoms with Crippen LogP contribution in [0.1, 0.15) is 26.4 Å². The van der Waals surface area contributed by atoms with Gasteiger partial charge >= 0.3 is 0 Å². The van der Waals surface area contributed by atoms with E-state index in [0.717, 1.165) is 26.2 Å². The average molecular weight is 502 g/mol. The summed E-state index contributed by atoms with van der Waals surface area (Å²) in [5.41, 5.74) is 1.47. The van der Waals surface area contributed by atoms with Crippen LogP contribution in [0.15, 0.2) is 60.8 Å². The molecule has 1 aliphatic heterocycles. The molecular weight excluding hydrogens is 470 g/mol. The molecule has 0 atom stereocenters. The topological polar surface area (TPSA) is 104 Å². The highest BCUT2D eigenvalue weighted by molar-refractivity contribution is 6.07. The third-order valence-electron chi connectivity index (χ3n) is 6.11. The van der Waals surface area contributed by atoms with E-state index in [4.69, 9.17) is 0 Å². The van der Waals surface area contributed by atoms with Gasteiger partial charge in [-0.3, -0.25) is 14.4 Å². The second-order valence-electron chi connectivity index (χ2n) is 9.08. The number of hydrogen-bond acceptors (Lipinski definition) is 8. The van der Waals surface area contributed by atoms with Gasteiger partial charge in [-0.15, -0.1) is 5.10 Å².